The Bertz CT molecular complexity index is 1120. The summed E-state index contributed by atoms with van der Waals surface area (Å²) in [5.41, 5.74) is 1.99. The molecule has 3 aromatic rings. The van der Waals surface area contributed by atoms with Crippen molar-refractivity contribution in [1.82, 2.24) is 25.0 Å². The lowest BCUT2D eigenvalue weighted by molar-refractivity contribution is 0.372. The fourth-order valence-corrected chi connectivity index (χ4v) is 5.52. The molecule has 172 valence electrons. The van der Waals surface area contributed by atoms with Crippen LogP contribution in [0.3, 0.4) is 0 Å². The fraction of sp³-hybridized carbons (Fsp3) is 0.478. The summed E-state index contributed by atoms with van der Waals surface area (Å²) in [5, 5.41) is 16.5. The number of hydrogen-bond acceptors (Lipinski definition) is 8. The summed E-state index contributed by atoms with van der Waals surface area (Å²) in [6, 6.07) is 8.88. The zero-order valence-electron chi connectivity index (χ0n) is 18.6. The predicted octanol–water partition coefficient (Wildman–Crippen LogP) is 3.08. The molecule has 4 heterocycles. The van der Waals surface area contributed by atoms with Gasteiger partial charge in [0.15, 0.2) is 0 Å². The molecule has 1 aromatic carbocycles. The molecule has 33 heavy (non-hydrogen) atoms. The normalized spacial score (nSPS) is 24.0. The molecule has 10 heteroatoms. The number of benzene rings is 1. The molecule has 3 atom stereocenters. The number of hydrogen-bond donors (Lipinski definition) is 1. The molecule has 9 nitrogen and oxygen atoms in total. The maximum Gasteiger partial charge on any atom is 0.244 e. The Morgan fingerprint density at radius 3 is 2.61 bits per heavy atom. The molecule has 1 aliphatic carbocycles. The van der Waals surface area contributed by atoms with Crippen LogP contribution in [-0.2, 0) is 6.54 Å². The lowest BCUT2D eigenvalue weighted by Crippen LogP contribution is -2.48. The van der Waals surface area contributed by atoms with Crippen LogP contribution in [0.25, 0.3) is 0 Å². The zero-order chi connectivity index (χ0) is 22.4. The molecular weight excluding hydrogens is 423 g/mol. The van der Waals surface area contributed by atoms with E-state index in [1.807, 2.05) is 16.9 Å². The largest absolute Gasteiger partial charge is 0.480 e. The number of methoxy groups -OCH3 is 1. The van der Waals surface area contributed by atoms with E-state index in [1.165, 1.54) is 25.0 Å². The summed E-state index contributed by atoms with van der Waals surface area (Å²) in [6.45, 7) is 3.59. The Kier molecular flexibility index (Phi) is 5.00. The molecule has 1 saturated heterocycles. The molecule has 0 radical (unpaired) electrons. The predicted molar refractivity (Wildman–Crippen MR) is 122 cm³/mol. The Hall–Kier alpha value is -3.43. The van der Waals surface area contributed by atoms with Crippen LogP contribution in [-0.4, -0.2) is 57.7 Å². The Labute approximate surface area is 191 Å². The molecule has 2 fully saturated rings. The van der Waals surface area contributed by atoms with Crippen molar-refractivity contribution >= 4 is 23.3 Å². The van der Waals surface area contributed by atoms with Gasteiger partial charge in [0.2, 0.25) is 17.8 Å². The van der Waals surface area contributed by atoms with E-state index in [9.17, 15) is 4.39 Å². The van der Waals surface area contributed by atoms with Gasteiger partial charge in [0.1, 0.15) is 5.82 Å². The van der Waals surface area contributed by atoms with Crippen molar-refractivity contribution in [2.45, 2.75) is 31.8 Å². The van der Waals surface area contributed by atoms with Crippen LogP contribution in [0, 0.1) is 17.7 Å². The van der Waals surface area contributed by atoms with E-state index in [4.69, 9.17) is 14.8 Å². The maximum absolute atomic E-state index is 13.4. The van der Waals surface area contributed by atoms with Crippen molar-refractivity contribution in [3.05, 3.63) is 42.3 Å². The van der Waals surface area contributed by atoms with Gasteiger partial charge in [0.25, 0.3) is 0 Å². The first-order valence-corrected chi connectivity index (χ1v) is 11.5. The van der Waals surface area contributed by atoms with Crippen LogP contribution in [0.5, 0.6) is 5.88 Å². The summed E-state index contributed by atoms with van der Waals surface area (Å²) < 4.78 is 20.6. The molecule has 1 N–H and O–H groups in total. The minimum atomic E-state index is -0.234. The van der Waals surface area contributed by atoms with E-state index in [0.29, 0.717) is 29.7 Å². The first-order valence-electron chi connectivity index (χ1n) is 11.5. The van der Waals surface area contributed by atoms with Gasteiger partial charge in [-0.05, 0) is 55.4 Å². The number of ether oxygens (including phenoxy) is 1. The van der Waals surface area contributed by atoms with Gasteiger partial charge in [-0.2, -0.15) is 10.1 Å². The second-order valence-corrected chi connectivity index (χ2v) is 9.07. The number of anilines is 4. The summed E-state index contributed by atoms with van der Waals surface area (Å²) in [4.78, 5) is 9.35. The van der Waals surface area contributed by atoms with Crippen LogP contribution >= 0.6 is 0 Å². The van der Waals surface area contributed by atoms with Crippen molar-refractivity contribution in [3.63, 3.8) is 0 Å². The van der Waals surface area contributed by atoms with Crippen molar-refractivity contribution in [3.8, 4) is 5.88 Å². The topological polar surface area (TPSA) is 84.2 Å². The molecule has 2 aliphatic heterocycles. The molecule has 6 rings (SSSR count). The van der Waals surface area contributed by atoms with Crippen molar-refractivity contribution in [2.75, 3.05) is 41.9 Å². The zero-order valence-corrected chi connectivity index (χ0v) is 18.6. The van der Waals surface area contributed by atoms with E-state index in [1.54, 1.807) is 19.2 Å². The third-order valence-electron chi connectivity index (χ3n) is 7.11. The number of rotatable bonds is 5. The second kappa shape index (κ2) is 8.17. The van der Waals surface area contributed by atoms with Gasteiger partial charge in [-0.1, -0.05) is 0 Å². The van der Waals surface area contributed by atoms with E-state index in [-0.39, 0.29) is 5.82 Å². The third kappa shape index (κ3) is 3.73. The highest BCUT2D eigenvalue weighted by molar-refractivity contribution is 5.59. The average Bonchev–Trinajstić information content (AvgIpc) is 3.35. The Morgan fingerprint density at radius 1 is 1.06 bits per heavy atom. The Morgan fingerprint density at radius 2 is 1.85 bits per heavy atom. The van der Waals surface area contributed by atoms with Gasteiger partial charge in [-0.25, -0.2) is 9.07 Å². The van der Waals surface area contributed by atoms with Crippen molar-refractivity contribution in [1.29, 1.82) is 0 Å². The molecule has 1 saturated carbocycles. The quantitative estimate of drug-likeness (QED) is 0.635. The van der Waals surface area contributed by atoms with Crippen LogP contribution in [0.4, 0.5) is 27.7 Å². The summed E-state index contributed by atoms with van der Waals surface area (Å²) in [5.74, 6) is 2.82. The first-order chi connectivity index (χ1) is 16.2. The average molecular weight is 451 g/mol. The Balaban J connectivity index is 1.19. The van der Waals surface area contributed by atoms with Crippen LogP contribution in [0.2, 0.25) is 0 Å². The molecular formula is C23H27FN8O. The van der Waals surface area contributed by atoms with Crippen LogP contribution in [0.1, 0.15) is 19.3 Å². The number of piperidine rings is 1. The van der Waals surface area contributed by atoms with Crippen molar-refractivity contribution < 1.29 is 9.13 Å². The van der Waals surface area contributed by atoms with Crippen molar-refractivity contribution in [2.24, 2.45) is 11.8 Å². The van der Waals surface area contributed by atoms with Gasteiger partial charge >= 0.3 is 0 Å². The number of fused-ring (bicyclic) bond motifs is 3. The lowest BCUT2D eigenvalue weighted by atomic mass is 9.92. The fourth-order valence-electron chi connectivity index (χ4n) is 5.52. The summed E-state index contributed by atoms with van der Waals surface area (Å²) >= 11 is 0. The lowest BCUT2D eigenvalue weighted by Gasteiger charge is -2.39. The smallest absolute Gasteiger partial charge is 0.244 e. The SMILES string of the molecule is COc1cc(N2C[C@H]3CC[C@@H](C2)[C@H]3Nc2nc3n(n2)CCCN3c2ccc(F)cc2)cnn1. The molecule has 2 aromatic heterocycles. The highest BCUT2D eigenvalue weighted by Crippen LogP contribution is 2.40. The first kappa shape index (κ1) is 20.2. The van der Waals surface area contributed by atoms with Gasteiger partial charge in [-0.3, -0.25) is 0 Å². The van der Waals surface area contributed by atoms with Gasteiger partial charge in [-0.15, -0.1) is 10.2 Å². The van der Waals surface area contributed by atoms with E-state index in [0.717, 1.165) is 49.9 Å². The molecule has 2 bridgehead atoms. The van der Waals surface area contributed by atoms with Gasteiger partial charge in [0.05, 0.1) is 19.0 Å². The molecule has 0 spiro atoms. The number of aryl methyl sites for hydroxylation is 1. The van der Waals surface area contributed by atoms with Gasteiger partial charge < -0.3 is 19.9 Å². The highest BCUT2D eigenvalue weighted by Gasteiger charge is 2.43. The van der Waals surface area contributed by atoms with Gasteiger partial charge in [0, 0.05) is 44.0 Å². The number of nitrogens with one attached hydrogen (secondary N) is 1. The number of halogens is 1. The molecule has 0 unspecified atom stereocenters. The van der Waals surface area contributed by atoms with Crippen LogP contribution < -0.4 is 19.9 Å². The van der Waals surface area contributed by atoms with Crippen LogP contribution in [0.15, 0.2) is 36.5 Å². The van der Waals surface area contributed by atoms with E-state index < -0.39 is 0 Å². The summed E-state index contributed by atoms with van der Waals surface area (Å²) in [7, 11) is 1.61. The standard InChI is InChI=1S/C23H27FN8O/c1-33-20-11-19(12-25-28-20)30-13-15-3-4-16(14-30)21(15)26-22-27-23-31(9-2-10-32(23)29-22)18-7-5-17(24)6-8-18/h5-8,11-12,15-16,21H,2-4,9-10,13-14H2,1H3,(H,26,29)/t15-,16+,21+. The summed E-state index contributed by atoms with van der Waals surface area (Å²) in [6.07, 6.45) is 5.15. The van der Waals surface area contributed by atoms with E-state index >= 15 is 0 Å². The maximum atomic E-state index is 13.4. The monoisotopic (exact) mass is 450 g/mol. The highest BCUT2D eigenvalue weighted by atomic mass is 19.1. The third-order valence-corrected chi connectivity index (χ3v) is 7.11. The number of aromatic nitrogens is 5. The second-order valence-electron chi connectivity index (χ2n) is 9.07. The molecule has 3 aliphatic rings. The minimum Gasteiger partial charge on any atom is -0.480 e. The van der Waals surface area contributed by atoms with E-state index in [2.05, 4.69) is 25.3 Å². The molecule has 0 amide bonds. The minimum absolute atomic E-state index is 0.234. The number of nitrogens with zero attached hydrogens (tertiary/aromatic N) is 7.